The summed E-state index contributed by atoms with van der Waals surface area (Å²) in [5.74, 6) is 0.434. The van der Waals surface area contributed by atoms with E-state index in [2.05, 4.69) is 10.2 Å². The molecule has 100 valence electrons. The summed E-state index contributed by atoms with van der Waals surface area (Å²) in [6.07, 6.45) is 4.31. The number of carbonyl (C=O) groups excluding carboxylic acids is 1. The zero-order chi connectivity index (χ0) is 11.4. The second-order valence-corrected chi connectivity index (χ2v) is 4.80. The maximum Gasteiger partial charge on any atom is 0.228 e. The fourth-order valence-electron chi connectivity index (χ4n) is 2.74. The minimum absolute atomic E-state index is 0. The molecule has 2 aliphatic heterocycles. The second-order valence-electron chi connectivity index (χ2n) is 4.80. The topological polar surface area (TPSA) is 41.6 Å². The van der Waals surface area contributed by atoms with Crippen LogP contribution in [0.1, 0.15) is 25.7 Å². The van der Waals surface area contributed by atoms with E-state index in [1.165, 1.54) is 0 Å². The molecule has 0 aromatic rings. The van der Waals surface area contributed by atoms with E-state index >= 15 is 0 Å². The van der Waals surface area contributed by atoms with Gasteiger partial charge in [0, 0.05) is 25.7 Å². The molecule has 0 aromatic heterocycles. The van der Waals surface area contributed by atoms with Gasteiger partial charge in [-0.15, -0.1) is 12.4 Å². The Balaban J connectivity index is 0.00000144. The van der Waals surface area contributed by atoms with E-state index in [1.54, 1.807) is 0 Å². The van der Waals surface area contributed by atoms with Gasteiger partial charge in [-0.2, -0.15) is 0 Å². The third kappa shape index (κ3) is 3.57. The van der Waals surface area contributed by atoms with Crippen LogP contribution in [0.15, 0.2) is 0 Å². The van der Waals surface area contributed by atoms with Gasteiger partial charge in [0.2, 0.25) is 5.91 Å². The molecule has 0 radical (unpaired) electrons. The Kier molecular flexibility index (Phi) is 6.23. The number of hydrogen-bond donors (Lipinski definition) is 1. The van der Waals surface area contributed by atoms with Gasteiger partial charge in [0.15, 0.2) is 0 Å². The molecule has 2 atom stereocenters. The van der Waals surface area contributed by atoms with E-state index in [0.29, 0.717) is 18.6 Å². The molecule has 2 aliphatic rings. The van der Waals surface area contributed by atoms with Gasteiger partial charge in [0.1, 0.15) is 0 Å². The largest absolute Gasteiger partial charge is 0.381 e. The summed E-state index contributed by atoms with van der Waals surface area (Å²) >= 11 is 0. The van der Waals surface area contributed by atoms with E-state index in [0.717, 1.165) is 45.4 Å². The predicted molar refractivity (Wildman–Crippen MR) is 69.5 cm³/mol. The molecule has 1 amide bonds. The summed E-state index contributed by atoms with van der Waals surface area (Å²) in [6.45, 7) is 3.30. The molecule has 0 bridgehead atoms. The van der Waals surface area contributed by atoms with Crippen molar-refractivity contribution in [3.63, 3.8) is 0 Å². The van der Waals surface area contributed by atoms with Crippen molar-refractivity contribution in [3.05, 3.63) is 0 Å². The van der Waals surface area contributed by atoms with Crippen molar-refractivity contribution in [2.75, 3.05) is 33.4 Å². The number of rotatable bonds is 3. The molecule has 2 saturated heterocycles. The van der Waals surface area contributed by atoms with Crippen LogP contribution in [0.2, 0.25) is 0 Å². The fraction of sp³-hybridized carbons (Fsp3) is 0.917. The van der Waals surface area contributed by atoms with E-state index < -0.39 is 0 Å². The van der Waals surface area contributed by atoms with Crippen molar-refractivity contribution < 1.29 is 9.53 Å². The first kappa shape index (κ1) is 14.7. The Hall–Kier alpha value is -0.320. The first-order valence-electron chi connectivity index (χ1n) is 6.35. The van der Waals surface area contributed by atoms with Crippen LogP contribution < -0.4 is 5.32 Å². The molecule has 2 rings (SSSR count). The van der Waals surface area contributed by atoms with Crippen LogP contribution in [0.5, 0.6) is 0 Å². The molecule has 4 nitrogen and oxygen atoms in total. The summed E-state index contributed by atoms with van der Waals surface area (Å²) in [6, 6.07) is 0.402. The Morgan fingerprint density at radius 2 is 2.24 bits per heavy atom. The molecule has 17 heavy (non-hydrogen) atoms. The van der Waals surface area contributed by atoms with E-state index in [9.17, 15) is 4.79 Å². The van der Waals surface area contributed by atoms with E-state index in [1.807, 2.05) is 7.05 Å². The zero-order valence-electron chi connectivity index (χ0n) is 10.5. The fourth-order valence-corrected chi connectivity index (χ4v) is 2.74. The minimum Gasteiger partial charge on any atom is -0.381 e. The lowest BCUT2D eigenvalue weighted by molar-refractivity contribution is -0.140. The third-order valence-corrected chi connectivity index (χ3v) is 3.61. The van der Waals surface area contributed by atoms with Crippen molar-refractivity contribution >= 4 is 18.3 Å². The lowest BCUT2D eigenvalue weighted by Gasteiger charge is -2.30. The van der Waals surface area contributed by atoms with Gasteiger partial charge in [0.25, 0.3) is 0 Å². The minimum atomic E-state index is 0. The van der Waals surface area contributed by atoms with Gasteiger partial charge in [-0.1, -0.05) is 0 Å². The highest BCUT2D eigenvalue weighted by molar-refractivity contribution is 5.85. The number of amides is 1. The number of nitrogens with zero attached hydrogens (tertiary/aromatic N) is 1. The summed E-state index contributed by atoms with van der Waals surface area (Å²) in [4.78, 5) is 14.4. The van der Waals surface area contributed by atoms with Gasteiger partial charge < -0.3 is 15.0 Å². The summed E-state index contributed by atoms with van der Waals surface area (Å²) in [5, 5.41) is 3.17. The Morgan fingerprint density at radius 1 is 1.41 bits per heavy atom. The van der Waals surface area contributed by atoms with E-state index in [-0.39, 0.29) is 18.3 Å². The maximum absolute atomic E-state index is 12.3. The highest BCUT2D eigenvalue weighted by atomic mass is 35.5. The molecular formula is C12H23ClN2O2. The zero-order valence-corrected chi connectivity index (χ0v) is 11.3. The normalized spacial score (nSPS) is 28.9. The van der Waals surface area contributed by atoms with Crippen LogP contribution in [0.25, 0.3) is 0 Å². The number of likely N-dealkylation sites (tertiary alicyclic amines) is 1. The Morgan fingerprint density at radius 3 is 2.88 bits per heavy atom. The van der Waals surface area contributed by atoms with Crippen LogP contribution in [-0.2, 0) is 9.53 Å². The predicted octanol–water partition coefficient (Wildman–Crippen LogP) is 1.05. The highest BCUT2D eigenvalue weighted by Crippen LogP contribution is 2.23. The molecule has 5 heteroatoms. The summed E-state index contributed by atoms with van der Waals surface area (Å²) in [7, 11) is 1.95. The van der Waals surface area contributed by atoms with Gasteiger partial charge in [0.05, 0.1) is 12.5 Å². The van der Waals surface area contributed by atoms with Gasteiger partial charge in [-0.05, 0) is 32.7 Å². The Bertz CT molecular complexity index is 245. The number of nitrogens with one attached hydrogen (secondary N) is 1. The average molecular weight is 263 g/mol. The molecule has 0 aliphatic carbocycles. The quantitative estimate of drug-likeness (QED) is 0.827. The first-order chi connectivity index (χ1) is 7.83. The first-order valence-corrected chi connectivity index (χ1v) is 6.35. The maximum atomic E-state index is 12.3. The Labute approximate surface area is 109 Å². The molecule has 0 spiro atoms. The lowest BCUT2D eigenvalue weighted by atomic mass is 10.0. The van der Waals surface area contributed by atoms with Crippen molar-refractivity contribution in [2.24, 2.45) is 5.92 Å². The molecule has 0 aromatic carbocycles. The third-order valence-electron chi connectivity index (χ3n) is 3.61. The van der Waals surface area contributed by atoms with Crippen LogP contribution in [0, 0.1) is 5.92 Å². The standard InChI is InChI=1S/C12H22N2O2.ClH/c1-13-8-11-5-2-6-14(11)12(15)10-4-3-7-16-9-10;/h10-11,13H,2-9H2,1H3;1H. The van der Waals surface area contributed by atoms with Crippen molar-refractivity contribution in [2.45, 2.75) is 31.7 Å². The van der Waals surface area contributed by atoms with Gasteiger partial charge in [-0.25, -0.2) is 0 Å². The van der Waals surface area contributed by atoms with Gasteiger partial charge >= 0.3 is 0 Å². The van der Waals surface area contributed by atoms with Crippen LogP contribution in [0.3, 0.4) is 0 Å². The monoisotopic (exact) mass is 262 g/mol. The number of halogens is 1. The van der Waals surface area contributed by atoms with E-state index in [4.69, 9.17) is 4.74 Å². The number of ether oxygens (including phenoxy) is 1. The van der Waals surface area contributed by atoms with Gasteiger partial charge in [-0.3, -0.25) is 4.79 Å². The second kappa shape index (κ2) is 7.19. The molecule has 2 heterocycles. The number of hydrogen-bond acceptors (Lipinski definition) is 3. The van der Waals surface area contributed by atoms with Crippen molar-refractivity contribution in [1.82, 2.24) is 10.2 Å². The number of likely N-dealkylation sites (N-methyl/N-ethyl adjacent to an activating group) is 1. The smallest absolute Gasteiger partial charge is 0.228 e. The molecule has 0 saturated carbocycles. The summed E-state index contributed by atoms with van der Waals surface area (Å²) < 4.78 is 5.39. The van der Waals surface area contributed by atoms with Crippen LogP contribution >= 0.6 is 12.4 Å². The van der Waals surface area contributed by atoms with Crippen molar-refractivity contribution in [3.8, 4) is 0 Å². The lowest BCUT2D eigenvalue weighted by Crippen LogP contribution is -2.45. The molecule has 1 N–H and O–H groups in total. The SMILES string of the molecule is CNCC1CCCN1C(=O)C1CCCOC1.Cl. The summed E-state index contributed by atoms with van der Waals surface area (Å²) in [5.41, 5.74) is 0. The van der Waals surface area contributed by atoms with Crippen molar-refractivity contribution in [1.29, 1.82) is 0 Å². The molecule has 2 unspecified atom stereocenters. The van der Waals surface area contributed by atoms with Crippen LogP contribution in [-0.4, -0.2) is 50.2 Å². The highest BCUT2D eigenvalue weighted by Gasteiger charge is 2.33. The molecule has 2 fully saturated rings. The number of carbonyl (C=O) groups is 1. The molecular weight excluding hydrogens is 240 g/mol. The average Bonchev–Trinajstić information content (AvgIpc) is 2.78. The van der Waals surface area contributed by atoms with Crippen LogP contribution in [0.4, 0.5) is 0 Å².